The van der Waals surface area contributed by atoms with Gasteiger partial charge in [0, 0.05) is 58.1 Å². The van der Waals surface area contributed by atoms with E-state index in [9.17, 15) is 0 Å². The minimum atomic E-state index is 0.504. The van der Waals surface area contributed by atoms with Crippen LogP contribution in [0.3, 0.4) is 0 Å². The smallest absolute Gasteiger partial charge is 0.232 e. The highest BCUT2D eigenvalue weighted by Crippen LogP contribution is 2.24. The molecule has 0 saturated carbocycles. The number of nitrogens with one attached hydrogen (secondary N) is 2. The van der Waals surface area contributed by atoms with Crippen LogP contribution < -0.4 is 25.3 Å². The van der Waals surface area contributed by atoms with Gasteiger partial charge in [-0.15, -0.1) is 0 Å². The maximum atomic E-state index is 5.49. The second-order valence-electron chi connectivity index (χ2n) is 7.02. The van der Waals surface area contributed by atoms with Crippen LogP contribution >= 0.6 is 12.2 Å². The lowest BCUT2D eigenvalue weighted by molar-refractivity contribution is 0.122. The summed E-state index contributed by atoms with van der Waals surface area (Å²) in [7, 11) is 1.78. The Bertz CT molecular complexity index is 821. The molecule has 2 fully saturated rings. The van der Waals surface area contributed by atoms with Gasteiger partial charge in [0.1, 0.15) is 11.6 Å². The van der Waals surface area contributed by atoms with Gasteiger partial charge in [-0.05, 0) is 24.4 Å². The van der Waals surface area contributed by atoms with E-state index in [-0.39, 0.29) is 0 Å². The molecular weight excluding hydrogens is 386 g/mol. The summed E-state index contributed by atoms with van der Waals surface area (Å²) >= 11 is 5.25. The maximum absolute atomic E-state index is 5.49. The minimum absolute atomic E-state index is 0.504. The summed E-state index contributed by atoms with van der Waals surface area (Å²) in [5, 5.41) is 6.51. The number of benzene rings is 1. The number of nitrogens with zero attached hydrogens (tertiary/aromatic N) is 5. The van der Waals surface area contributed by atoms with Gasteiger partial charge in [0.15, 0.2) is 5.11 Å². The average molecular weight is 414 g/mol. The van der Waals surface area contributed by atoms with Gasteiger partial charge in [-0.2, -0.15) is 9.97 Å². The highest BCUT2D eigenvalue weighted by Gasteiger charge is 2.22. The van der Waals surface area contributed by atoms with Crippen LogP contribution in [0, 0.1) is 0 Å². The molecule has 2 aliphatic rings. The average Bonchev–Trinajstić information content (AvgIpc) is 2.80. The molecule has 1 aromatic heterocycles. The van der Waals surface area contributed by atoms with Gasteiger partial charge < -0.3 is 30.1 Å². The van der Waals surface area contributed by atoms with Crippen LogP contribution in [0.5, 0.6) is 0 Å². The Labute approximate surface area is 176 Å². The third-order valence-corrected chi connectivity index (χ3v) is 5.52. The fourth-order valence-corrected chi connectivity index (χ4v) is 3.68. The van der Waals surface area contributed by atoms with Crippen molar-refractivity contribution in [2.75, 3.05) is 79.5 Å². The number of aromatic nitrogens is 2. The van der Waals surface area contributed by atoms with Gasteiger partial charge >= 0.3 is 0 Å². The zero-order valence-electron chi connectivity index (χ0n) is 16.7. The van der Waals surface area contributed by atoms with E-state index in [4.69, 9.17) is 21.9 Å². The Balaban J connectivity index is 1.52. The summed E-state index contributed by atoms with van der Waals surface area (Å²) in [6, 6.07) is 12.6. The number of rotatable bonds is 4. The molecule has 29 heavy (non-hydrogen) atoms. The highest BCUT2D eigenvalue weighted by molar-refractivity contribution is 7.80. The molecule has 0 spiro atoms. The third-order valence-electron chi connectivity index (χ3n) is 5.21. The van der Waals surface area contributed by atoms with E-state index in [2.05, 4.69) is 66.7 Å². The van der Waals surface area contributed by atoms with Crippen molar-refractivity contribution in [2.45, 2.75) is 0 Å². The first-order valence-electron chi connectivity index (χ1n) is 9.98. The van der Waals surface area contributed by atoms with Crippen molar-refractivity contribution in [3.05, 3.63) is 36.4 Å². The molecule has 9 heteroatoms. The predicted molar refractivity (Wildman–Crippen MR) is 121 cm³/mol. The minimum Gasteiger partial charge on any atom is -0.378 e. The molecule has 1 aromatic carbocycles. The molecule has 0 aliphatic carbocycles. The molecule has 0 radical (unpaired) electrons. The van der Waals surface area contributed by atoms with Crippen molar-refractivity contribution in [3.63, 3.8) is 0 Å². The summed E-state index contributed by atoms with van der Waals surface area (Å²) in [5.41, 5.74) is 1.27. The van der Waals surface area contributed by atoms with E-state index in [0.29, 0.717) is 24.3 Å². The van der Waals surface area contributed by atoms with Crippen LogP contribution in [-0.2, 0) is 4.74 Å². The van der Waals surface area contributed by atoms with Crippen LogP contribution in [0.4, 0.5) is 23.3 Å². The van der Waals surface area contributed by atoms with E-state index >= 15 is 0 Å². The van der Waals surface area contributed by atoms with Crippen LogP contribution in [0.2, 0.25) is 0 Å². The van der Waals surface area contributed by atoms with Gasteiger partial charge in [0.2, 0.25) is 5.95 Å². The number of hydrogen-bond acceptors (Lipinski definition) is 7. The fraction of sp³-hybridized carbons (Fsp3) is 0.450. The SMILES string of the molecule is CNC(=S)Nc1nc(N2CCOCC2)cc(N2CCN(c3ccccc3)CC2)n1. The number of thiocarbonyl (C=S) groups is 1. The number of morpholine rings is 1. The van der Waals surface area contributed by atoms with Crippen molar-refractivity contribution in [1.82, 2.24) is 15.3 Å². The van der Waals surface area contributed by atoms with Crippen molar-refractivity contribution in [2.24, 2.45) is 0 Å². The highest BCUT2D eigenvalue weighted by atomic mass is 32.1. The van der Waals surface area contributed by atoms with Crippen LogP contribution in [-0.4, -0.2) is 74.6 Å². The Kier molecular flexibility index (Phi) is 6.26. The zero-order valence-corrected chi connectivity index (χ0v) is 17.5. The lowest BCUT2D eigenvalue weighted by atomic mass is 10.2. The molecule has 0 atom stereocenters. The monoisotopic (exact) mass is 413 g/mol. The molecule has 2 aliphatic heterocycles. The van der Waals surface area contributed by atoms with Crippen molar-refractivity contribution in [1.29, 1.82) is 0 Å². The molecule has 2 N–H and O–H groups in total. The van der Waals surface area contributed by atoms with Crippen LogP contribution in [0.15, 0.2) is 36.4 Å². The van der Waals surface area contributed by atoms with Gasteiger partial charge in [-0.3, -0.25) is 0 Å². The molecule has 154 valence electrons. The summed E-state index contributed by atoms with van der Waals surface area (Å²) in [6.45, 7) is 6.81. The van der Waals surface area contributed by atoms with E-state index in [1.54, 1.807) is 7.05 Å². The van der Waals surface area contributed by atoms with Gasteiger partial charge in [0.25, 0.3) is 0 Å². The van der Waals surface area contributed by atoms with Crippen molar-refractivity contribution in [3.8, 4) is 0 Å². The van der Waals surface area contributed by atoms with E-state index in [0.717, 1.165) is 50.9 Å². The Morgan fingerprint density at radius 2 is 1.48 bits per heavy atom. The third kappa shape index (κ3) is 4.86. The molecule has 0 amide bonds. The molecule has 3 heterocycles. The quantitative estimate of drug-likeness (QED) is 0.727. The molecule has 4 rings (SSSR count). The second kappa shape index (κ2) is 9.23. The number of para-hydroxylation sites is 1. The van der Waals surface area contributed by atoms with E-state index in [1.807, 2.05) is 0 Å². The van der Waals surface area contributed by atoms with Crippen LogP contribution in [0.25, 0.3) is 0 Å². The second-order valence-corrected chi connectivity index (χ2v) is 7.43. The Hall–Kier alpha value is -2.65. The largest absolute Gasteiger partial charge is 0.378 e. The maximum Gasteiger partial charge on any atom is 0.232 e. The zero-order chi connectivity index (χ0) is 20.1. The molecular formula is C20H27N7OS. The standard InChI is InChI=1S/C20H27N7OS/c1-21-20(29)24-19-22-17(15-18(23-19)27-11-13-28-14-12-27)26-9-7-25(8-10-26)16-5-3-2-4-6-16/h2-6,15H,7-14H2,1H3,(H2,21,22,23,24,29). The van der Waals surface area contributed by atoms with Crippen LogP contribution in [0.1, 0.15) is 0 Å². The first-order valence-corrected chi connectivity index (χ1v) is 10.4. The first-order chi connectivity index (χ1) is 14.2. The van der Waals surface area contributed by atoms with Crippen molar-refractivity contribution >= 4 is 40.6 Å². The summed E-state index contributed by atoms with van der Waals surface area (Å²) in [4.78, 5) is 16.4. The van der Waals surface area contributed by atoms with Gasteiger partial charge in [-0.1, -0.05) is 18.2 Å². The van der Waals surface area contributed by atoms with E-state index in [1.165, 1.54) is 5.69 Å². The summed E-state index contributed by atoms with van der Waals surface area (Å²) < 4.78 is 5.49. The molecule has 0 unspecified atom stereocenters. The molecule has 2 aromatic rings. The summed E-state index contributed by atoms with van der Waals surface area (Å²) in [6.07, 6.45) is 0. The number of hydrogen-bond donors (Lipinski definition) is 2. The Morgan fingerprint density at radius 3 is 2.10 bits per heavy atom. The number of piperazine rings is 1. The normalized spacial score (nSPS) is 17.2. The van der Waals surface area contributed by atoms with Gasteiger partial charge in [-0.25, -0.2) is 0 Å². The topological polar surface area (TPSA) is 68.8 Å². The Morgan fingerprint density at radius 1 is 0.897 bits per heavy atom. The fourth-order valence-electron chi connectivity index (χ4n) is 3.59. The lowest BCUT2D eigenvalue weighted by Crippen LogP contribution is -2.47. The summed E-state index contributed by atoms with van der Waals surface area (Å²) in [5.74, 6) is 2.36. The van der Waals surface area contributed by atoms with Crippen molar-refractivity contribution < 1.29 is 4.74 Å². The number of ether oxygens (including phenoxy) is 1. The van der Waals surface area contributed by atoms with Gasteiger partial charge in [0.05, 0.1) is 13.2 Å². The molecule has 0 bridgehead atoms. The van der Waals surface area contributed by atoms with E-state index < -0.39 is 0 Å². The first kappa shape index (κ1) is 19.7. The predicted octanol–water partition coefficient (Wildman–Crippen LogP) is 1.56. The number of anilines is 4. The molecule has 2 saturated heterocycles. The molecule has 8 nitrogen and oxygen atoms in total. The lowest BCUT2D eigenvalue weighted by Gasteiger charge is -2.37.